The predicted molar refractivity (Wildman–Crippen MR) is 120 cm³/mol. The lowest BCUT2D eigenvalue weighted by Gasteiger charge is -2.13. The Morgan fingerprint density at radius 1 is 0.935 bits per heavy atom. The summed E-state index contributed by atoms with van der Waals surface area (Å²) in [6, 6.07) is 14.0. The van der Waals surface area contributed by atoms with E-state index in [1.165, 1.54) is 6.92 Å². The van der Waals surface area contributed by atoms with E-state index in [1.807, 2.05) is 12.1 Å². The monoisotopic (exact) mass is 443 g/mol. The number of carbonyl (C=O) groups excluding carboxylic acids is 2. The van der Waals surface area contributed by atoms with Gasteiger partial charge >= 0.3 is 0 Å². The second-order valence-electron chi connectivity index (χ2n) is 7.90. The van der Waals surface area contributed by atoms with Crippen LogP contribution in [0.2, 0.25) is 0 Å². The summed E-state index contributed by atoms with van der Waals surface area (Å²) >= 11 is 0. The highest BCUT2D eigenvalue weighted by Crippen LogP contribution is 2.20. The summed E-state index contributed by atoms with van der Waals surface area (Å²) in [5.41, 5.74) is 2.51. The minimum atomic E-state index is -3.48. The Balaban J connectivity index is 1.43. The molecule has 166 valence electrons. The third-order valence-corrected chi connectivity index (χ3v) is 6.82. The molecule has 0 saturated heterocycles. The van der Waals surface area contributed by atoms with E-state index in [1.54, 1.807) is 36.4 Å². The molecule has 2 aromatic rings. The normalized spacial score (nSPS) is 14.4. The van der Waals surface area contributed by atoms with Crippen LogP contribution >= 0.6 is 0 Å². The largest absolute Gasteiger partial charge is 0.355 e. The van der Waals surface area contributed by atoms with Crippen molar-refractivity contribution in [2.24, 2.45) is 0 Å². The van der Waals surface area contributed by atoms with Gasteiger partial charge < -0.3 is 10.6 Å². The van der Waals surface area contributed by atoms with Gasteiger partial charge in [0.25, 0.3) is 0 Å². The van der Waals surface area contributed by atoms with Crippen molar-refractivity contribution in [1.82, 2.24) is 10.0 Å². The fourth-order valence-electron chi connectivity index (χ4n) is 3.67. The Hall–Kier alpha value is -2.71. The van der Waals surface area contributed by atoms with Gasteiger partial charge in [-0.3, -0.25) is 9.59 Å². The van der Waals surface area contributed by atoms with E-state index >= 15 is 0 Å². The second-order valence-corrected chi connectivity index (χ2v) is 9.62. The SMILES string of the molecule is CC(=O)Nc1ccc(CC(=O)NCCc2ccc(S(=O)(=O)NC3CCCC3)cc2)cc1. The summed E-state index contributed by atoms with van der Waals surface area (Å²) in [4.78, 5) is 23.5. The average Bonchev–Trinajstić information content (AvgIpc) is 3.22. The molecule has 2 amide bonds. The maximum Gasteiger partial charge on any atom is 0.240 e. The maximum atomic E-state index is 12.5. The van der Waals surface area contributed by atoms with Gasteiger partial charge in [-0.15, -0.1) is 0 Å². The summed E-state index contributed by atoms with van der Waals surface area (Å²) in [7, 11) is -3.48. The van der Waals surface area contributed by atoms with E-state index in [2.05, 4.69) is 15.4 Å². The lowest BCUT2D eigenvalue weighted by molar-refractivity contribution is -0.120. The molecule has 8 heteroatoms. The molecule has 7 nitrogen and oxygen atoms in total. The average molecular weight is 444 g/mol. The van der Waals surface area contributed by atoms with Gasteiger partial charge in [0.2, 0.25) is 21.8 Å². The number of nitrogens with one attached hydrogen (secondary N) is 3. The molecule has 1 aliphatic rings. The van der Waals surface area contributed by atoms with Gasteiger partial charge in [0.1, 0.15) is 0 Å². The molecule has 1 saturated carbocycles. The van der Waals surface area contributed by atoms with E-state index in [-0.39, 0.29) is 29.2 Å². The van der Waals surface area contributed by atoms with Gasteiger partial charge in [0.05, 0.1) is 11.3 Å². The van der Waals surface area contributed by atoms with Crippen LogP contribution in [-0.4, -0.2) is 32.8 Å². The van der Waals surface area contributed by atoms with Crippen molar-refractivity contribution in [3.63, 3.8) is 0 Å². The van der Waals surface area contributed by atoms with Crippen LogP contribution in [0.15, 0.2) is 53.4 Å². The number of amides is 2. The number of hydrogen-bond acceptors (Lipinski definition) is 4. The van der Waals surface area contributed by atoms with Gasteiger partial charge in [-0.2, -0.15) is 0 Å². The Morgan fingerprint density at radius 2 is 1.55 bits per heavy atom. The zero-order chi connectivity index (χ0) is 22.3. The van der Waals surface area contributed by atoms with Gasteiger partial charge in [0, 0.05) is 25.2 Å². The van der Waals surface area contributed by atoms with Crippen molar-refractivity contribution in [3.05, 3.63) is 59.7 Å². The number of carbonyl (C=O) groups is 2. The molecule has 3 rings (SSSR count). The second kappa shape index (κ2) is 10.5. The van der Waals surface area contributed by atoms with Crippen LogP contribution in [0, 0.1) is 0 Å². The molecule has 0 aromatic heterocycles. The van der Waals surface area contributed by atoms with Crippen molar-refractivity contribution >= 4 is 27.5 Å². The van der Waals surface area contributed by atoms with Crippen LogP contribution < -0.4 is 15.4 Å². The Bertz CT molecular complexity index is 996. The van der Waals surface area contributed by atoms with Gasteiger partial charge in [0.15, 0.2) is 0 Å². The molecule has 1 fully saturated rings. The molecule has 0 unspecified atom stereocenters. The fraction of sp³-hybridized carbons (Fsp3) is 0.391. The highest BCUT2D eigenvalue weighted by atomic mass is 32.2. The summed E-state index contributed by atoms with van der Waals surface area (Å²) in [5, 5.41) is 5.57. The standard InChI is InChI=1S/C23H29N3O4S/c1-17(27)25-20-10-6-19(7-11-20)16-23(28)24-15-14-18-8-12-22(13-9-18)31(29,30)26-21-4-2-3-5-21/h6-13,21,26H,2-5,14-16H2,1H3,(H,24,28)(H,25,27). The first-order valence-electron chi connectivity index (χ1n) is 10.6. The van der Waals surface area contributed by atoms with Gasteiger partial charge in [-0.05, 0) is 54.7 Å². The van der Waals surface area contributed by atoms with E-state index in [0.717, 1.165) is 36.8 Å². The zero-order valence-electron chi connectivity index (χ0n) is 17.7. The van der Waals surface area contributed by atoms with Gasteiger partial charge in [-0.25, -0.2) is 13.1 Å². The van der Waals surface area contributed by atoms with Crippen LogP contribution in [0.5, 0.6) is 0 Å². The quantitative estimate of drug-likeness (QED) is 0.554. The van der Waals surface area contributed by atoms with Gasteiger partial charge in [-0.1, -0.05) is 37.1 Å². The molecule has 0 radical (unpaired) electrons. The van der Waals surface area contributed by atoms with Crippen molar-refractivity contribution < 1.29 is 18.0 Å². The Labute approximate surface area is 183 Å². The number of benzene rings is 2. The molecule has 3 N–H and O–H groups in total. The minimum absolute atomic E-state index is 0.0430. The van der Waals surface area contributed by atoms with Crippen LogP contribution in [-0.2, 0) is 32.5 Å². The molecule has 2 aromatic carbocycles. The molecule has 0 atom stereocenters. The molecule has 31 heavy (non-hydrogen) atoms. The molecule has 0 spiro atoms. The van der Waals surface area contributed by atoms with Crippen LogP contribution in [0.1, 0.15) is 43.7 Å². The number of sulfonamides is 1. The molecule has 0 heterocycles. The van der Waals surface area contributed by atoms with E-state index in [9.17, 15) is 18.0 Å². The summed E-state index contributed by atoms with van der Waals surface area (Å²) in [6.45, 7) is 1.91. The van der Waals surface area contributed by atoms with Crippen LogP contribution in [0.4, 0.5) is 5.69 Å². The van der Waals surface area contributed by atoms with Crippen LogP contribution in [0.3, 0.4) is 0 Å². The minimum Gasteiger partial charge on any atom is -0.355 e. The molecular formula is C23H29N3O4S. The van der Waals surface area contributed by atoms with Crippen molar-refractivity contribution in [1.29, 1.82) is 0 Å². The lowest BCUT2D eigenvalue weighted by atomic mass is 10.1. The molecule has 1 aliphatic carbocycles. The highest BCUT2D eigenvalue weighted by Gasteiger charge is 2.22. The number of hydrogen-bond donors (Lipinski definition) is 3. The highest BCUT2D eigenvalue weighted by molar-refractivity contribution is 7.89. The third-order valence-electron chi connectivity index (χ3n) is 5.29. The summed E-state index contributed by atoms with van der Waals surface area (Å²) in [5.74, 6) is -0.228. The Morgan fingerprint density at radius 3 is 2.16 bits per heavy atom. The van der Waals surface area contributed by atoms with E-state index < -0.39 is 10.0 Å². The number of anilines is 1. The first-order chi connectivity index (χ1) is 14.8. The van der Waals surface area contributed by atoms with Crippen molar-refractivity contribution in [3.8, 4) is 0 Å². The van der Waals surface area contributed by atoms with Crippen molar-refractivity contribution in [2.45, 2.75) is 56.4 Å². The Kier molecular flexibility index (Phi) is 7.81. The topological polar surface area (TPSA) is 104 Å². The van der Waals surface area contributed by atoms with Crippen molar-refractivity contribution in [2.75, 3.05) is 11.9 Å². The third kappa shape index (κ3) is 7.18. The lowest BCUT2D eigenvalue weighted by Crippen LogP contribution is -2.32. The van der Waals surface area contributed by atoms with E-state index in [0.29, 0.717) is 18.7 Å². The first-order valence-corrected chi connectivity index (χ1v) is 12.0. The smallest absolute Gasteiger partial charge is 0.240 e. The fourth-order valence-corrected chi connectivity index (χ4v) is 4.97. The summed E-state index contributed by atoms with van der Waals surface area (Å²) in [6.07, 6.45) is 4.81. The zero-order valence-corrected chi connectivity index (χ0v) is 18.5. The molecular weight excluding hydrogens is 414 g/mol. The first kappa shape index (κ1) is 23.0. The maximum absolute atomic E-state index is 12.5. The summed E-state index contributed by atoms with van der Waals surface area (Å²) < 4.78 is 27.7. The number of rotatable bonds is 9. The molecule has 0 bridgehead atoms. The van der Waals surface area contributed by atoms with E-state index in [4.69, 9.17) is 0 Å². The van der Waals surface area contributed by atoms with Crippen LogP contribution in [0.25, 0.3) is 0 Å². The predicted octanol–water partition coefficient (Wildman–Crippen LogP) is 2.77. The molecule has 0 aliphatic heterocycles.